The fourth-order valence-corrected chi connectivity index (χ4v) is 5.97. The van der Waals surface area contributed by atoms with Gasteiger partial charge in [0.05, 0.1) is 11.7 Å². The molecule has 2 saturated heterocycles. The largest absolute Gasteiger partial charge is 0.442 e. The van der Waals surface area contributed by atoms with Crippen molar-refractivity contribution in [3.05, 3.63) is 60.0 Å². The molecule has 3 N–H and O–H groups in total. The van der Waals surface area contributed by atoms with Gasteiger partial charge in [-0.15, -0.1) is 0 Å². The molecular weight excluding hydrogens is 523 g/mol. The first-order valence-corrected chi connectivity index (χ1v) is 14.6. The minimum Gasteiger partial charge on any atom is -0.442 e. The number of piperidine rings is 2. The van der Waals surface area contributed by atoms with Gasteiger partial charge >= 0.3 is 12.1 Å². The summed E-state index contributed by atoms with van der Waals surface area (Å²) in [5.41, 5.74) is 1.80. The van der Waals surface area contributed by atoms with Crippen molar-refractivity contribution >= 4 is 28.7 Å². The third-order valence-electron chi connectivity index (χ3n) is 7.85. The highest BCUT2D eigenvalue weighted by atomic mass is 19.1. The number of nitrogens with zero attached hydrogens (tertiary/aromatic N) is 3. The van der Waals surface area contributed by atoms with E-state index >= 15 is 0 Å². The van der Waals surface area contributed by atoms with E-state index in [1.54, 1.807) is 36.5 Å². The minimum absolute atomic E-state index is 0.0624. The van der Waals surface area contributed by atoms with Crippen LogP contribution in [0.5, 0.6) is 0 Å². The van der Waals surface area contributed by atoms with E-state index in [4.69, 9.17) is 4.74 Å². The Morgan fingerprint density at radius 1 is 1.15 bits per heavy atom. The lowest BCUT2D eigenvalue weighted by Gasteiger charge is -2.39. The number of halogens is 1. The van der Waals surface area contributed by atoms with E-state index < -0.39 is 11.7 Å². The molecule has 2 aliphatic rings. The normalized spacial score (nSPS) is 21.9. The molecule has 3 aromatic rings. The number of ether oxygens (including phenoxy) is 1. The van der Waals surface area contributed by atoms with E-state index in [1.165, 1.54) is 16.7 Å². The average molecular weight is 565 g/mol. The molecule has 9 nitrogen and oxygen atoms in total. The molecule has 0 saturated carbocycles. The summed E-state index contributed by atoms with van der Waals surface area (Å²) in [4.78, 5) is 28.0. The molecule has 0 bridgehead atoms. The Balaban J connectivity index is 1.16. The summed E-state index contributed by atoms with van der Waals surface area (Å²) >= 11 is 0. The van der Waals surface area contributed by atoms with Crippen LogP contribution in [0.3, 0.4) is 0 Å². The number of hydrogen-bond acceptors (Lipinski definition) is 6. The zero-order valence-electron chi connectivity index (χ0n) is 24.2. The van der Waals surface area contributed by atoms with Crippen molar-refractivity contribution in [1.29, 1.82) is 0 Å². The monoisotopic (exact) mass is 564 g/mol. The predicted octanol–water partition coefficient (Wildman–Crippen LogP) is 5.01. The number of fused-ring (bicyclic) bond motifs is 1. The summed E-state index contributed by atoms with van der Waals surface area (Å²) in [6.45, 7) is 10.2. The molecule has 0 aliphatic carbocycles. The van der Waals surface area contributed by atoms with Crippen LogP contribution in [0.2, 0.25) is 0 Å². The van der Waals surface area contributed by atoms with Gasteiger partial charge in [0.25, 0.3) is 0 Å². The van der Waals surface area contributed by atoms with Crippen LogP contribution in [-0.2, 0) is 11.2 Å². The molecule has 41 heavy (non-hydrogen) atoms. The zero-order valence-corrected chi connectivity index (χ0v) is 24.2. The van der Waals surface area contributed by atoms with Crippen LogP contribution in [0.15, 0.2) is 48.7 Å². The number of urea groups is 1. The fourth-order valence-electron chi connectivity index (χ4n) is 5.97. The standard InChI is InChI=1S/C31H41FN6O3/c1-31(2,3)41-30(40)38-28-11-10-26(16-23(28)18-34-38)35-29(39)36-27-12-13-33-17-24(27)20-37-14-4-5-22(19-37)15-21-6-8-25(32)9-7-21/h6-11,16,18,22,24,27,33H,4-5,12-15,17,19-20H2,1-3H3,(H2,35,36,39)/t22?,24-,27+/m0/s1. The summed E-state index contributed by atoms with van der Waals surface area (Å²) in [6, 6.07) is 12.0. The molecule has 10 heteroatoms. The maximum absolute atomic E-state index is 13.3. The Morgan fingerprint density at radius 2 is 1.95 bits per heavy atom. The molecule has 2 fully saturated rings. The van der Waals surface area contributed by atoms with Crippen LogP contribution in [0.4, 0.5) is 19.7 Å². The van der Waals surface area contributed by atoms with Crippen molar-refractivity contribution in [2.45, 2.75) is 58.1 Å². The van der Waals surface area contributed by atoms with Crippen LogP contribution >= 0.6 is 0 Å². The van der Waals surface area contributed by atoms with Crippen molar-refractivity contribution in [2.75, 3.05) is 38.0 Å². The topological polar surface area (TPSA) is 101 Å². The van der Waals surface area contributed by atoms with Crippen LogP contribution in [0.25, 0.3) is 10.9 Å². The first-order valence-electron chi connectivity index (χ1n) is 14.6. The molecule has 1 aromatic heterocycles. The molecule has 0 radical (unpaired) electrons. The summed E-state index contributed by atoms with van der Waals surface area (Å²) in [7, 11) is 0. The second-order valence-corrected chi connectivity index (χ2v) is 12.4. The number of likely N-dealkylation sites (tertiary alicyclic amines) is 1. The van der Waals surface area contributed by atoms with Crippen LogP contribution < -0.4 is 16.0 Å². The molecule has 3 atom stereocenters. The van der Waals surface area contributed by atoms with Gasteiger partial charge in [0, 0.05) is 42.7 Å². The molecular formula is C31H41FN6O3. The van der Waals surface area contributed by atoms with Crippen molar-refractivity contribution in [1.82, 2.24) is 25.3 Å². The van der Waals surface area contributed by atoms with Gasteiger partial charge in [0.1, 0.15) is 11.4 Å². The molecule has 0 spiro atoms. The third-order valence-corrected chi connectivity index (χ3v) is 7.85. The van der Waals surface area contributed by atoms with Gasteiger partial charge in [0.15, 0.2) is 0 Å². The lowest BCUT2D eigenvalue weighted by molar-refractivity contribution is 0.0522. The lowest BCUT2D eigenvalue weighted by Crippen LogP contribution is -2.54. The Kier molecular flexibility index (Phi) is 8.89. The second kappa shape index (κ2) is 12.6. The molecule has 3 heterocycles. The van der Waals surface area contributed by atoms with E-state index in [9.17, 15) is 14.0 Å². The van der Waals surface area contributed by atoms with Gasteiger partial charge in [-0.25, -0.2) is 14.0 Å². The maximum Gasteiger partial charge on any atom is 0.435 e. The van der Waals surface area contributed by atoms with Crippen LogP contribution in [-0.4, -0.2) is 71.2 Å². The molecule has 2 amide bonds. The summed E-state index contributed by atoms with van der Waals surface area (Å²) in [6.07, 6.45) is 5.21. The van der Waals surface area contributed by atoms with E-state index in [0.717, 1.165) is 57.4 Å². The molecule has 1 unspecified atom stereocenters. The number of amides is 2. The molecule has 2 aliphatic heterocycles. The Bertz CT molecular complexity index is 1350. The fraction of sp³-hybridized carbons (Fsp3) is 0.516. The van der Waals surface area contributed by atoms with Gasteiger partial charge in [-0.05, 0) is 101 Å². The van der Waals surface area contributed by atoms with Crippen molar-refractivity contribution < 1.29 is 18.7 Å². The van der Waals surface area contributed by atoms with Crippen molar-refractivity contribution in [3.8, 4) is 0 Å². The highest BCUT2D eigenvalue weighted by molar-refractivity contribution is 5.94. The summed E-state index contributed by atoms with van der Waals surface area (Å²) in [5.74, 6) is 0.657. The summed E-state index contributed by atoms with van der Waals surface area (Å²) < 4.78 is 20.0. The third kappa shape index (κ3) is 7.83. The number of benzene rings is 2. The van der Waals surface area contributed by atoms with Crippen LogP contribution in [0.1, 0.15) is 45.6 Å². The minimum atomic E-state index is -0.624. The van der Waals surface area contributed by atoms with E-state index in [1.807, 2.05) is 32.9 Å². The maximum atomic E-state index is 13.3. The quantitative estimate of drug-likeness (QED) is 0.389. The van der Waals surface area contributed by atoms with Crippen molar-refractivity contribution in [3.63, 3.8) is 0 Å². The number of hydrogen-bond donors (Lipinski definition) is 3. The number of anilines is 1. The highest BCUT2D eigenvalue weighted by Crippen LogP contribution is 2.24. The molecule has 5 rings (SSSR count). The smallest absolute Gasteiger partial charge is 0.435 e. The van der Waals surface area contributed by atoms with Gasteiger partial charge in [-0.3, -0.25) is 0 Å². The SMILES string of the molecule is CC(C)(C)OC(=O)n1ncc2cc(NC(=O)N[C@@H]3CCNC[C@H]3CN3CCCC(Cc4ccc(F)cc4)C3)ccc21. The molecule has 220 valence electrons. The number of nitrogens with one attached hydrogen (secondary N) is 3. The number of aromatic nitrogens is 2. The van der Waals surface area contributed by atoms with E-state index in [2.05, 4.69) is 25.9 Å². The number of carbonyl (C=O) groups is 2. The number of carbonyl (C=O) groups excluding carboxylic acids is 2. The van der Waals surface area contributed by atoms with Gasteiger partial charge in [-0.2, -0.15) is 9.78 Å². The van der Waals surface area contributed by atoms with Crippen molar-refractivity contribution in [2.24, 2.45) is 11.8 Å². The van der Waals surface area contributed by atoms with Crippen LogP contribution in [0, 0.1) is 17.7 Å². The molecule has 2 aromatic carbocycles. The van der Waals surface area contributed by atoms with E-state index in [-0.39, 0.29) is 17.9 Å². The zero-order chi connectivity index (χ0) is 29.0. The van der Waals surface area contributed by atoms with Gasteiger partial charge < -0.3 is 25.6 Å². The first-order chi connectivity index (χ1) is 19.6. The van der Waals surface area contributed by atoms with Gasteiger partial charge in [-0.1, -0.05) is 12.1 Å². The number of rotatable bonds is 6. The first kappa shape index (κ1) is 29.0. The summed E-state index contributed by atoms with van der Waals surface area (Å²) in [5, 5.41) is 14.6. The van der Waals surface area contributed by atoms with Gasteiger partial charge in [0.2, 0.25) is 0 Å². The Hall–Kier alpha value is -3.50. The highest BCUT2D eigenvalue weighted by Gasteiger charge is 2.30. The lowest BCUT2D eigenvalue weighted by atomic mass is 9.88. The average Bonchev–Trinajstić information content (AvgIpc) is 3.34. The Labute approximate surface area is 240 Å². The second-order valence-electron chi connectivity index (χ2n) is 12.4. The van der Waals surface area contributed by atoms with E-state index in [0.29, 0.717) is 23.0 Å². The Morgan fingerprint density at radius 3 is 2.73 bits per heavy atom. The predicted molar refractivity (Wildman–Crippen MR) is 158 cm³/mol.